The Hall–Kier alpha value is -0.870. The van der Waals surface area contributed by atoms with E-state index in [1.54, 1.807) is 0 Å². The van der Waals surface area contributed by atoms with E-state index in [2.05, 4.69) is 10.3 Å². The minimum atomic E-state index is 0.588. The van der Waals surface area contributed by atoms with Crippen molar-refractivity contribution in [3.8, 4) is 0 Å². The lowest BCUT2D eigenvalue weighted by molar-refractivity contribution is 0.0525. The fourth-order valence-electron chi connectivity index (χ4n) is 2.02. The molecule has 2 heterocycles. The highest BCUT2D eigenvalue weighted by molar-refractivity contribution is 4.95. The monoisotopic (exact) mass is 224 g/mol. The molecule has 4 heteroatoms. The SMILES string of the molecule is CNCCc1cnc(CC2CCCOC2)o1. The third-order valence-electron chi connectivity index (χ3n) is 2.94. The molecule has 0 aromatic carbocycles. The third kappa shape index (κ3) is 3.32. The topological polar surface area (TPSA) is 47.3 Å². The van der Waals surface area contributed by atoms with Gasteiger partial charge in [-0.05, 0) is 25.8 Å². The first-order chi connectivity index (χ1) is 7.88. The quantitative estimate of drug-likeness (QED) is 0.821. The second-order valence-corrected chi connectivity index (χ2v) is 4.36. The van der Waals surface area contributed by atoms with Crippen molar-refractivity contribution < 1.29 is 9.15 Å². The van der Waals surface area contributed by atoms with Crippen LogP contribution >= 0.6 is 0 Å². The van der Waals surface area contributed by atoms with Crippen molar-refractivity contribution in [2.24, 2.45) is 5.92 Å². The van der Waals surface area contributed by atoms with Gasteiger partial charge in [0, 0.05) is 32.6 Å². The van der Waals surface area contributed by atoms with Gasteiger partial charge < -0.3 is 14.5 Å². The summed E-state index contributed by atoms with van der Waals surface area (Å²) in [5, 5.41) is 3.10. The lowest BCUT2D eigenvalue weighted by atomic mass is 9.99. The van der Waals surface area contributed by atoms with Gasteiger partial charge >= 0.3 is 0 Å². The summed E-state index contributed by atoms with van der Waals surface area (Å²) >= 11 is 0. The normalized spacial score (nSPS) is 21.2. The number of ether oxygens (including phenoxy) is 1. The highest BCUT2D eigenvalue weighted by Gasteiger charge is 2.17. The number of likely N-dealkylation sites (N-methyl/N-ethyl adjacent to an activating group) is 1. The van der Waals surface area contributed by atoms with Gasteiger partial charge in [-0.25, -0.2) is 4.98 Å². The molecule has 1 unspecified atom stereocenters. The van der Waals surface area contributed by atoms with E-state index in [9.17, 15) is 0 Å². The molecule has 0 radical (unpaired) electrons. The van der Waals surface area contributed by atoms with Crippen molar-refractivity contribution in [2.45, 2.75) is 25.7 Å². The molecule has 16 heavy (non-hydrogen) atoms. The summed E-state index contributed by atoms with van der Waals surface area (Å²) in [6.45, 7) is 2.70. The van der Waals surface area contributed by atoms with Crippen LogP contribution in [0.4, 0.5) is 0 Å². The molecule has 1 aromatic rings. The lowest BCUT2D eigenvalue weighted by Crippen LogP contribution is -2.19. The van der Waals surface area contributed by atoms with Gasteiger partial charge in [0.15, 0.2) is 5.89 Å². The fraction of sp³-hybridized carbons (Fsp3) is 0.750. The van der Waals surface area contributed by atoms with Crippen LogP contribution in [0.1, 0.15) is 24.5 Å². The predicted molar refractivity (Wildman–Crippen MR) is 61.4 cm³/mol. The van der Waals surface area contributed by atoms with Crippen LogP contribution in [-0.4, -0.2) is 31.8 Å². The molecule has 1 atom stereocenters. The zero-order chi connectivity index (χ0) is 11.2. The predicted octanol–water partition coefficient (Wildman–Crippen LogP) is 1.41. The van der Waals surface area contributed by atoms with Gasteiger partial charge in [-0.2, -0.15) is 0 Å². The van der Waals surface area contributed by atoms with Gasteiger partial charge in [-0.15, -0.1) is 0 Å². The van der Waals surface area contributed by atoms with Gasteiger partial charge in [0.1, 0.15) is 5.76 Å². The number of hydrogen-bond acceptors (Lipinski definition) is 4. The average molecular weight is 224 g/mol. The second-order valence-electron chi connectivity index (χ2n) is 4.36. The molecule has 0 amide bonds. The standard InChI is InChI=1S/C12H20N2O2/c1-13-5-4-11-8-14-12(16-11)7-10-3-2-6-15-9-10/h8,10,13H,2-7,9H2,1H3. The lowest BCUT2D eigenvalue weighted by Gasteiger charge is -2.20. The molecule has 1 N–H and O–H groups in total. The molecule has 1 aliphatic heterocycles. The Morgan fingerprint density at radius 1 is 1.56 bits per heavy atom. The van der Waals surface area contributed by atoms with Crippen LogP contribution in [-0.2, 0) is 17.6 Å². The van der Waals surface area contributed by atoms with E-state index in [-0.39, 0.29) is 0 Å². The summed E-state index contributed by atoms with van der Waals surface area (Å²) < 4.78 is 11.1. The van der Waals surface area contributed by atoms with E-state index in [0.717, 1.165) is 50.7 Å². The van der Waals surface area contributed by atoms with Crippen molar-refractivity contribution in [2.75, 3.05) is 26.8 Å². The second kappa shape index (κ2) is 6.01. The summed E-state index contributed by atoms with van der Waals surface area (Å²) in [6.07, 6.45) is 6.06. The van der Waals surface area contributed by atoms with Crippen molar-refractivity contribution in [3.63, 3.8) is 0 Å². The number of rotatable bonds is 5. The number of nitrogens with zero attached hydrogens (tertiary/aromatic N) is 1. The van der Waals surface area contributed by atoms with Crippen LogP contribution in [0.15, 0.2) is 10.6 Å². The minimum Gasteiger partial charge on any atom is -0.446 e. The zero-order valence-electron chi connectivity index (χ0n) is 9.87. The number of aromatic nitrogens is 1. The van der Waals surface area contributed by atoms with E-state index < -0.39 is 0 Å². The van der Waals surface area contributed by atoms with Crippen molar-refractivity contribution >= 4 is 0 Å². The Bertz CT molecular complexity index is 306. The van der Waals surface area contributed by atoms with Crippen LogP contribution < -0.4 is 5.32 Å². The molecule has 0 bridgehead atoms. The number of oxazole rings is 1. The minimum absolute atomic E-state index is 0.588. The van der Waals surface area contributed by atoms with Crippen LogP contribution in [0.25, 0.3) is 0 Å². The summed E-state index contributed by atoms with van der Waals surface area (Å²) in [5.41, 5.74) is 0. The molecule has 2 rings (SSSR count). The number of hydrogen-bond donors (Lipinski definition) is 1. The van der Waals surface area contributed by atoms with Crippen molar-refractivity contribution in [1.29, 1.82) is 0 Å². The summed E-state index contributed by atoms with van der Waals surface area (Å²) in [6, 6.07) is 0. The maximum atomic E-state index is 5.68. The maximum Gasteiger partial charge on any atom is 0.194 e. The van der Waals surface area contributed by atoms with E-state index in [1.807, 2.05) is 13.2 Å². The van der Waals surface area contributed by atoms with E-state index in [1.165, 1.54) is 6.42 Å². The van der Waals surface area contributed by atoms with E-state index in [0.29, 0.717) is 5.92 Å². The molecular weight excluding hydrogens is 204 g/mol. The molecular formula is C12H20N2O2. The highest BCUT2D eigenvalue weighted by atomic mass is 16.5. The zero-order valence-corrected chi connectivity index (χ0v) is 9.87. The van der Waals surface area contributed by atoms with Crippen LogP contribution in [0.5, 0.6) is 0 Å². The molecule has 1 fully saturated rings. The van der Waals surface area contributed by atoms with Gasteiger partial charge in [0.25, 0.3) is 0 Å². The Morgan fingerprint density at radius 2 is 2.50 bits per heavy atom. The van der Waals surface area contributed by atoms with Crippen molar-refractivity contribution in [3.05, 3.63) is 17.8 Å². The third-order valence-corrected chi connectivity index (χ3v) is 2.94. The Balaban J connectivity index is 1.81. The molecule has 90 valence electrons. The fourth-order valence-corrected chi connectivity index (χ4v) is 2.02. The first-order valence-corrected chi connectivity index (χ1v) is 6.04. The molecule has 1 aromatic heterocycles. The van der Waals surface area contributed by atoms with Crippen LogP contribution in [0.3, 0.4) is 0 Å². The maximum absolute atomic E-state index is 5.68. The van der Waals surface area contributed by atoms with E-state index >= 15 is 0 Å². The summed E-state index contributed by atoms with van der Waals surface area (Å²) in [5.74, 6) is 2.42. The molecule has 0 spiro atoms. The smallest absolute Gasteiger partial charge is 0.194 e. The van der Waals surface area contributed by atoms with Crippen LogP contribution in [0.2, 0.25) is 0 Å². The summed E-state index contributed by atoms with van der Waals surface area (Å²) in [4.78, 5) is 4.31. The molecule has 1 saturated heterocycles. The van der Waals surface area contributed by atoms with E-state index in [4.69, 9.17) is 9.15 Å². The van der Waals surface area contributed by atoms with Gasteiger partial charge in [-0.1, -0.05) is 0 Å². The molecule has 0 saturated carbocycles. The first kappa shape index (κ1) is 11.6. The Morgan fingerprint density at radius 3 is 3.25 bits per heavy atom. The largest absolute Gasteiger partial charge is 0.446 e. The van der Waals surface area contributed by atoms with Crippen LogP contribution in [0, 0.1) is 5.92 Å². The Kier molecular flexibility index (Phi) is 4.36. The molecule has 4 nitrogen and oxygen atoms in total. The van der Waals surface area contributed by atoms with Gasteiger partial charge in [0.05, 0.1) is 6.20 Å². The average Bonchev–Trinajstić information content (AvgIpc) is 2.75. The first-order valence-electron chi connectivity index (χ1n) is 6.04. The highest BCUT2D eigenvalue weighted by Crippen LogP contribution is 2.18. The van der Waals surface area contributed by atoms with Gasteiger partial charge in [0.2, 0.25) is 0 Å². The molecule has 1 aliphatic rings. The summed E-state index contributed by atoms with van der Waals surface area (Å²) in [7, 11) is 1.94. The number of nitrogens with one attached hydrogen (secondary N) is 1. The van der Waals surface area contributed by atoms with Crippen molar-refractivity contribution in [1.82, 2.24) is 10.3 Å². The van der Waals surface area contributed by atoms with Gasteiger partial charge in [-0.3, -0.25) is 0 Å². The Labute approximate surface area is 96.4 Å². The molecule has 0 aliphatic carbocycles.